The first-order valence-corrected chi connectivity index (χ1v) is 10.4. The summed E-state index contributed by atoms with van der Waals surface area (Å²) in [6.45, 7) is 0.791. The molecule has 2 fully saturated rings. The van der Waals surface area contributed by atoms with Gasteiger partial charge >= 0.3 is 0 Å². The Kier molecular flexibility index (Phi) is 4.56. The van der Waals surface area contributed by atoms with Crippen molar-refractivity contribution >= 4 is 23.4 Å². The topological polar surface area (TPSA) is 101 Å². The predicted molar refractivity (Wildman–Crippen MR) is 108 cm³/mol. The minimum Gasteiger partial charge on any atom is -0.503 e. The van der Waals surface area contributed by atoms with Gasteiger partial charge in [0.05, 0.1) is 17.2 Å². The molecule has 1 aromatic heterocycles. The number of halogens is 2. The van der Waals surface area contributed by atoms with E-state index in [0.717, 1.165) is 0 Å². The van der Waals surface area contributed by atoms with Gasteiger partial charge in [-0.2, -0.15) is 0 Å². The van der Waals surface area contributed by atoms with Crippen LogP contribution >= 0.6 is 11.6 Å². The van der Waals surface area contributed by atoms with E-state index in [0.29, 0.717) is 32.4 Å². The molecule has 0 bridgehead atoms. The van der Waals surface area contributed by atoms with Gasteiger partial charge in [-0.3, -0.25) is 14.4 Å². The Hall–Kier alpha value is -2.91. The van der Waals surface area contributed by atoms with Crippen molar-refractivity contribution in [1.29, 1.82) is 0 Å². The van der Waals surface area contributed by atoms with E-state index in [1.165, 1.54) is 22.9 Å². The van der Waals surface area contributed by atoms with Crippen LogP contribution in [0.3, 0.4) is 0 Å². The average Bonchev–Trinajstić information content (AvgIpc) is 3.56. The molecule has 5 rings (SSSR count). The summed E-state index contributed by atoms with van der Waals surface area (Å²) in [7, 11) is 0. The van der Waals surface area contributed by atoms with Crippen molar-refractivity contribution in [2.75, 3.05) is 13.2 Å². The molecule has 2 aliphatic heterocycles. The molecule has 1 unspecified atom stereocenters. The minimum atomic E-state index is -0.948. The van der Waals surface area contributed by atoms with Crippen LogP contribution in [0, 0.1) is 5.82 Å². The largest absolute Gasteiger partial charge is 0.503 e. The number of pyridine rings is 1. The number of rotatable bonds is 3. The Morgan fingerprint density at radius 3 is 2.87 bits per heavy atom. The van der Waals surface area contributed by atoms with Crippen molar-refractivity contribution < 1.29 is 23.8 Å². The van der Waals surface area contributed by atoms with Crippen LogP contribution in [-0.2, 0) is 16.8 Å². The summed E-state index contributed by atoms with van der Waals surface area (Å²) in [6.07, 6.45) is 2.85. The second kappa shape index (κ2) is 7.06. The van der Waals surface area contributed by atoms with Gasteiger partial charge < -0.3 is 24.6 Å². The average molecular weight is 448 g/mol. The van der Waals surface area contributed by atoms with E-state index in [-0.39, 0.29) is 28.4 Å². The zero-order valence-electron chi connectivity index (χ0n) is 16.4. The predicted octanol–water partition coefficient (Wildman–Crippen LogP) is 1.97. The number of ether oxygens (including phenoxy) is 1. The van der Waals surface area contributed by atoms with Gasteiger partial charge in [0.2, 0.25) is 5.43 Å². The molecule has 1 aromatic carbocycles. The molecule has 10 heteroatoms. The highest BCUT2D eigenvalue weighted by Crippen LogP contribution is 2.53. The summed E-state index contributed by atoms with van der Waals surface area (Å²) >= 11 is 5.76. The molecule has 3 heterocycles. The van der Waals surface area contributed by atoms with Gasteiger partial charge in [0.15, 0.2) is 17.7 Å². The van der Waals surface area contributed by atoms with Crippen molar-refractivity contribution in [3.05, 3.63) is 62.3 Å². The number of nitrogens with one attached hydrogen (secondary N) is 1. The summed E-state index contributed by atoms with van der Waals surface area (Å²) in [5.41, 5.74) is -1.85. The lowest BCUT2D eigenvalue weighted by Gasteiger charge is -2.46. The zero-order chi connectivity index (χ0) is 21.9. The number of benzene rings is 1. The van der Waals surface area contributed by atoms with E-state index in [1.54, 1.807) is 11.0 Å². The van der Waals surface area contributed by atoms with Crippen LogP contribution in [-0.4, -0.2) is 45.8 Å². The van der Waals surface area contributed by atoms with Gasteiger partial charge in [0.1, 0.15) is 11.4 Å². The third kappa shape index (κ3) is 2.95. The summed E-state index contributed by atoms with van der Waals surface area (Å²) in [4.78, 5) is 40.0. The Balaban J connectivity index is 1.51. The fraction of sp³-hybridized carbons (Fsp3) is 0.381. The molecule has 3 aliphatic rings. The van der Waals surface area contributed by atoms with Crippen LogP contribution in [0.5, 0.6) is 5.75 Å². The standard InChI is InChI=1S/C21H19ClFN3O5/c22-13-4-1-3-11(14(13)23)9-24-18(29)12-10-26-15(17(28)16(12)27)19(30)25-7-2-8-31-20(25)21(26)5-6-21/h1,3-4,10,20,28H,2,5-9H2,(H,24,29). The molecule has 1 saturated carbocycles. The van der Waals surface area contributed by atoms with E-state index in [9.17, 15) is 23.9 Å². The van der Waals surface area contributed by atoms with Gasteiger partial charge in [-0.1, -0.05) is 23.7 Å². The minimum absolute atomic E-state index is 0.0792. The summed E-state index contributed by atoms with van der Waals surface area (Å²) < 4.78 is 21.5. The van der Waals surface area contributed by atoms with Crippen molar-refractivity contribution in [2.24, 2.45) is 0 Å². The van der Waals surface area contributed by atoms with Crippen molar-refractivity contribution in [3.8, 4) is 5.75 Å². The van der Waals surface area contributed by atoms with Gasteiger partial charge in [0, 0.05) is 24.8 Å². The van der Waals surface area contributed by atoms with Crippen LogP contribution in [0.15, 0.2) is 29.2 Å². The summed E-state index contributed by atoms with van der Waals surface area (Å²) in [5, 5.41) is 13.0. The molecule has 31 heavy (non-hydrogen) atoms. The second-order valence-electron chi connectivity index (χ2n) is 8.01. The van der Waals surface area contributed by atoms with Gasteiger partial charge in [0.25, 0.3) is 11.8 Å². The lowest BCUT2D eigenvalue weighted by molar-refractivity contribution is -0.120. The second-order valence-corrected chi connectivity index (χ2v) is 8.42. The molecule has 1 saturated heterocycles. The van der Waals surface area contributed by atoms with Crippen LogP contribution in [0.2, 0.25) is 5.02 Å². The highest BCUT2D eigenvalue weighted by Gasteiger charge is 2.60. The van der Waals surface area contributed by atoms with Crippen molar-refractivity contribution in [2.45, 2.75) is 37.6 Å². The molecule has 0 radical (unpaired) electrons. The van der Waals surface area contributed by atoms with Crippen LogP contribution in [0.1, 0.15) is 45.7 Å². The molecular formula is C21H19ClFN3O5. The van der Waals surface area contributed by atoms with E-state index >= 15 is 0 Å². The van der Waals surface area contributed by atoms with E-state index in [4.69, 9.17) is 16.3 Å². The van der Waals surface area contributed by atoms with Crippen LogP contribution < -0.4 is 10.7 Å². The van der Waals surface area contributed by atoms with Gasteiger partial charge in [-0.25, -0.2) is 4.39 Å². The number of carbonyl (C=O) groups is 2. The monoisotopic (exact) mass is 447 g/mol. The first kappa shape index (κ1) is 20.0. The molecule has 2 N–H and O–H groups in total. The number of fused-ring (bicyclic) bond motifs is 4. The van der Waals surface area contributed by atoms with Gasteiger partial charge in [-0.05, 0) is 25.3 Å². The molecular weight excluding hydrogens is 429 g/mol. The molecule has 162 valence electrons. The molecule has 2 amide bonds. The molecule has 1 spiro atoms. The maximum atomic E-state index is 14.1. The molecule has 2 aromatic rings. The highest BCUT2D eigenvalue weighted by molar-refractivity contribution is 6.30. The number of carbonyl (C=O) groups excluding carboxylic acids is 2. The lowest BCUT2D eigenvalue weighted by Crippen LogP contribution is -2.59. The first-order valence-electron chi connectivity index (χ1n) is 9.98. The van der Waals surface area contributed by atoms with Crippen LogP contribution in [0.25, 0.3) is 0 Å². The fourth-order valence-electron chi connectivity index (χ4n) is 4.44. The number of hydrogen-bond acceptors (Lipinski definition) is 5. The fourth-order valence-corrected chi connectivity index (χ4v) is 4.63. The zero-order valence-corrected chi connectivity index (χ0v) is 17.1. The Bertz CT molecular complexity index is 1180. The number of aromatic hydroxyl groups is 1. The van der Waals surface area contributed by atoms with E-state index < -0.39 is 40.6 Å². The third-order valence-electron chi connectivity index (χ3n) is 6.17. The lowest BCUT2D eigenvalue weighted by atomic mass is 10.0. The molecule has 8 nitrogen and oxygen atoms in total. The van der Waals surface area contributed by atoms with Crippen LogP contribution in [0.4, 0.5) is 4.39 Å². The SMILES string of the molecule is O=C(NCc1cccc(Cl)c1F)c1cn2c(c(O)c1=O)C(=O)N1CCCOC1C21CC1. The number of aromatic nitrogens is 1. The summed E-state index contributed by atoms with van der Waals surface area (Å²) in [6, 6.07) is 4.40. The molecule has 1 atom stereocenters. The normalized spacial score (nSPS) is 20.9. The number of amides is 2. The number of hydrogen-bond donors (Lipinski definition) is 2. The van der Waals surface area contributed by atoms with E-state index in [1.807, 2.05) is 0 Å². The van der Waals surface area contributed by atoms with Crippen molar-refractivity contribution in [3.63, 3.8) is 0 Å². The first-order chi connectivity index (χ1) is 14.8. The summed E-state index contributed by atoms with van der Waals surface area (Å²) in [5.74, 6) is -2.71. The molecule has 1 aliphatic carbocycles. The van der Waals surface area contributed by atoms with Crippen molar-refractivity contribution in [1.82, 2.24) is 14.8 Å². The Morgan fingerprint density at radius 1 is 1.35 bits per heavy atom. The number of nitrogens with zero attached hydrogens (tertiary/aromatic N) is 2. The maximum absolute atomic E-state index is 14.1. The highest BCUT2D eigenvalue weighted by atomic mass is 35.5. The smallest absolute Gasteiger partial charge is 0.276 e. The van der Waals surface area contributed by atoms with E-state index in [2.05, 4.69) is 5.32 Å². The Labute approximate surface area is 181 Å². The quantitative estimate of drug-likeness (QED) is 0.749. The third-order valence-corrected chi connectivity index (χ3v) is 6.46. The Morgan fingerprint density at radius 2 is 2.13 bits per heavy atom. The van der Waals surface area contributed by atoms with Gasteiger partial charge in [-0.15, -0.1) is 0 Å². The maximum Gasteiger partial charge on any atom is 0.276 e.